The molecule has 1 saturated heterocycles. The number of aromatic nitrogens is 2. The minimum Gasteiger partial charge on any atom is -0.354 e. The zero-order valence-electron chi connectivity index (χ0n) is 15.9. The Labute approximate surface area is 175 Å². The normalized spacial score (nSPS) is 13.9. The molecule has 3 aromatic rings. The maximum atomic E-state index is 13.2. The molecule has 5 nitrogen and oxygen atoms in total. The molecule has 0 aliphatic carbocycles. The number of nitrogens with one attached hydrogen (secondary N) is 1. The van der Waals surface area contributed by atoms with Gasteiger partial charge in [0.25, 0.3) is 5.91 Å². The molecule has 0 bridgehead atoms. The predicted molar refractivity (Wildman–Crippen MR) is 119 cm³/mol. The number of fused-ring (bicyclic) bond motifs is 1. The van der Waals surface area contributed by atoms with Crippen molar-refractivity contribution in [1.82, 2.24) is 14.9 Å². The molecule has 7 heteroatoms. The Hall–Kier alpha value is -2.31. The lowest BCUT2D eigenvalue weighted by Gasteiger charge is -2.27. The maximum Gasteiger partial charge on any atom is 0.257 e. The number of rotatable bonds is 3. The predicted octanol–water partition coefficient (Wildman–Crippen LogP) is 4.60. The lowest BCUT2D eigenvalue weighted by molar-refractivity contribution is 0.0773. The van der Waals surface area contributed by atoms with Crippen LogP contribution in [0.2, 0.25) is 0 Å². The van der Waals surface area contributed by atoms with Crippen molar-refractivity contribution in [3.05, 3.63) is 59.4 Å². The highest BCUT2D eigenvalue weighted by Gasteiger charge is 2.23. The third-order valence-corrected chi connectivity index (χ3v) is 5.66. The topological polar surface area (TPSA) is 58.1 Å². The Balaban J connectivity index is 0.00000225. The Bertz CT molecular complexity index is 988. The summed E-state index contributed by atoms with van der Waals surface area (Å²) in [7, 11) is 0. The van der Waals surface area contributed by atoms with Crippen molar-refractivity contribution in [3.63, 3.8) is 0 Å². The molecule has 1 amide bonds. The van der Waals surface area contributed by atoms with Crippen molar-refractivity contribution in [3.8, 4) is 0 Å². The molecule has 3 heterocycles. The number of thioether (sulfide) groups is 1. The first kappa shape index (κ1) is 20.4. The van der Waals surface area contributed by atoms with Crippen LogP contribution in [0.5, 0.6) is 0 Å². The number of nitrogens with zero attached hydrogens (tertiary/aromatic N) is 3. The zero-order chi connectivity index (χ0) is 18.8. The minimum absolute atomic E-state index is 0. The van der Waals surface area contributed by atoms with Gasteiger partial charge in [-0.25, -0.2) is 9.97 Å². The fourth-order valence-corrected chi connectivity index (χ4v) is 4.09. The second kappa shape index (κ2) is 8.80. The van der Waals surface area contributed by atoms with Gasteiger partial charge in [0.15, 0.2) is 5.65 Å². The standard InChI is InChI=1S/C21H22N4OS.ClH/c1-14-3-6-16(7-4-14)24-19-17-8-5-15(2)23-20(17)22-13-18(19)21(26)25-9-11-27-12-10-25;/h3-8,13H,9-12H2,1-2H3,(H,22,23,24);1H. The SMILES string of the molecule is Cc1ccc(Nc2c(C(=O)N3CCSCC3)cnc3nc(C)ccc23)cc1.Cl. The first-order valence-corrected chi connectivity index (χ1v) is 10.2. The molecule has 146 valence electrons. The monoisotopic (exact) mass is 414 g/mol. The Kier molecular flexibility index (Phi) is 6.42. The highest BCUT2D eigenvalue weighted by atomic mass is 35.5. The van der Waals surface area contributed by atoms with Crippen LogP contribution in [0.1, 0.15) is 21.6 Å². The van der Waals surface area contributed by atoms with Crippen molar-refractivity contribution in [2.75, 3.05) is 29.9 Å². The third kappa shape index (κ3) is 4.23. The van der Waals surface area contributed by atoms with Crippen molar-refractivity contribution < 1.29 is 4.79 Å². The van der Waals surface area contributed by atoms with Gasteiger partial charge in [-0.15, -0.1) is 12.4 Å². The quantitative estimate of drug-likeness (QED) is 0.678. The molecule has 0 unspecified atom stereocenters. The molecule has 4 rings (SSSR count). The molecular formula is C21H23ClN4OS. The highest BCUT2D eigenvalue weighted by molar-refractivity contribution is 7.99. The molecule has 0 saturated carbocycles. The fraction of sp³-hybridized carbons (Fsp3) is 0.286. The number of amides is 1. The van der Waals surface area contributed by atoms with Crippen LogP contribution in [0.25, 0.3) is 11.0 Å². The van der Waals surface area contributed by atoms with Crippen LogP contribution in [0.4, 0.5) is 11.4 Å². The minimum atomic E-state index is 0. The molecule has 1 N–H and O–H groups in total. The van der Waals surface area contributed by atoms with E-state index in [-0.39, 0.29) is 18.3 Å². The summed E-state index contributed by atoms with van der Waals surface area (Å²) >= 11 is 1.89. The molecule has 0 radical (unpaired) electrons. The van der Waals surface area contributed by atoms with E-state index < -0.39 is 0 Å². The van der Waals surface area contributed by atoms with Gasteiger partial charge in [0.2, 0.25) is 0 Å². The van der Waals surface area contributed by atoms with Crippen LogP contribution in [0, 0.1) is 13.8 Å². The van der Waals surface area contributed by atoms with E-state index in [2.05, 4.69) is 34.3 Å². The Morgan fingerprint density at radius 2 is 1.79 bits per heavy atom. The molecule has 1 fully saturated rings. The van der Waals surface area contributed by atoms with Gasteiger partial charge in [0.1, 0.15) is 0 Å². The van der Waals surface area contributed by atoms with Gasteiger partial charge in [0, 0.05) is 47.6 Å². The van der Waals surface area contributed by atoms with Crippen LogP contribution in [-0.4, -0.2) is 45.4 Å². The number of carbonyl (C=O) groups excluding carboxylic acids is 1. The van der Waals surface area contributed by atoms with Gasteiger partial charge < -0.3 is 10.2 Å². The molecule has 1 aromatic carbocycles. The van der Waals surface area contributed by atoms with Crippen LogP contribution in [0.3, 0.4) is 0 Å². The lowest BCUT2D eigenvalue weighted by atomic mass is 10.1. The summed E-state index contributed by atoms with van der Waals surface area (Å²) < 4.78 is 0. The number of halogens is 1. The summed E-state index contributed by atoms with van der Waals surface area (Å²) in [6.45, 7) is 5.55. The number of carbonyl (C=O) groups is 1. The number of aryl methyl sites for hydroxylation is 2. The zero-order valence-corrected chi connectivity index (χ0v) is 17.6. The molecule has 2 aromatic heterocycles. The number of hydrogen-bond donors (Lipinski definition) is 1. The second-order valence-corrected chi connectivity index (χ2v) is 7.99. The number of anilines is 2. The summed E-state index contributed by atoms with van der Waals surface area (Å²) in [5.41, 5.74) is 5.07. The Morgan fingerprint density at radius 3 is 2.50 bits per heavy atom. The summed E-state index contributed by atoms with van der Waals surface area (Å²) in [5, 5.41) is 4.31. The summed E-state index contributed by atoms with van der Waals surface area (Å²) in [4.78, 5) is 24.1. The lowest BCUT2D eigenvalue weighted by Crippen LogP contribution is -2.38. The molecule has 0 spiro atoms. The van der Waals surface area contributed by atoms with E-state index >= 15 is 0 Å². The first-order chi connectivity index (χ1) is 13.1. The maximum absolute atomic E-state index is 13.2. The number of benzene rings is 1. The van der Waals surface area contributed by atoms with Crippen LogP contribution in [-0.2, 0) is 0 Å². The van der Waals surface area contributed by atoms with Gasteiger partial charge in [-0.1, -0.05) is 17.7 Å². The number of pyridine rings is 2. The summed E-state index contributed by atoms with van der Waals surface area (Å²) in [6.07, 6.45) is 1.66. The van der Waals surface area contributed by atoms with Crippen molar-refractivity contribution in [1.29, 1.82) is 0 Å². The van der Waals surface area contributed by atoms with Crippen molar-refractivity contribution in [2.45, 2.75) is 13.8 Å². The summed E-state index contributed by atoms with van der Waals surface area (Å²) in [5.74, 6) is 1.99. The van der Waals surface area contributed by atoms with E-state index in [0.29, 0.717) is 11.2 Å². The van der Waals surface area contributed by atoms with Gasteiger partial charge in [0.05, 0.1) is 11.3 Å². The molecule has 1 aliphatic rings. The first-order valence-electron chi connectivity index (χ1n) is 9.09. The summed E-state index contributed by atoms with van der Waals surface area (Å²) in [6, 6.07) is 12.1. The van der Waals surface area contributed by atoms with Gasteiger partial charge in [-0.05, 0) is 38.1 Å². The van der Waals surface area contributed by atoms with E-state index in [1.807, 2.05) is 47.9 Å². The smallest absolute Gasteiger partial charge is 0.257 e. The fourth-order valence-electron chi connectivity index (χ4n) is 3.19. The largest absolute Gasteiger partial charge is 0.354 e. The van der Waals surface area contributed by atoms with E-state index in [0.717, 1.165) is 47.1 Å². The molecule has 28 heavy (non-hydrogen) atoms. The van der Waals surface area contributed by atoms with Crippen molar-refractivity contribution in [2.24, 2.45) is 0 Å². The molecule has 1 aliphatic heterocycles. The van der Waals surface area contributed by atoms with Crippen LogP contribution < -0.4 is 5.32 Å². The van der Waals surface area contributed by atoms with E-state index in [1.54, 1.807) is 6.20 Å². The molecular weight excluding hydrogens is 392 g/mol. The highest BCUT2D eigenvalue weighted by Crippen LogP contribution is 2.30. The van der Waals surface area contributed by atoms with Gasteiger partial charge in [-0.3, -0.25) is 4.79 Å². The average Bonchev–Trinajstić information content (AvgIpc) is 2.70. The Morgan fingerprint density at radius 1 is 1.07 bits per heavy atom. The van der Waals surface area contributed by atoms with E-state index in [1.165, 1.54) is 5.56 Å². The second-order valence-electron chi connectivity index (χ2n) is 6.77. The van der Waals surface area contributed by atoms with E-state index in [4.69, 9.17) is 0 Å². The van der Waals surface area contributed by atoms with Gasteiger partial charge >= 0.3 is 0 Å². The third-order valence-electron chi connectivity index (χ3n) is 4.72. The van der Waals surface area contributed by atoms with Crippen LogP contribution >= 0.6 is 24.2 Å². The average molecular weight is 415 g/mol. The van der Waals surface area contributed by atoms with Crippen molar-refractivity contribution >= 4 is 52.5 Å². The number of hydrogen-bond acceptors (Lipinski definition) is 5. The van der Waals surface area contributed by atoms with E-state index in [9.17, 15) is 4.79 Å². The van der Waals surface area contributed by atoms with Gasteiger partial charge in [-0.2, -0.15) is 11.8 Å². The van der Waals surface area contributed by atoms with Crippen LogP contribution in [0.15, 0.2) is 42.6 Å². The molecule has 0 atom stereocenters.